The molecule has 0 radical (unpaired) electrons. The zero-order valence-electron chi connectivity index (χ0n) is 17.8. The van der Waals surface area contributed by atoms with E-state index in [0.717, 1.165) is 5.69 Å². The normalized spacial score (nSPS) is 14.6. The van der Waals surface area contributed by atoms with Crippen molar-refractivity contribution >= 4 is 23.4 Å². The van der Waals surface area contributed by atoms with E-state index >= 15 is 0 Å². The number of likely N-dealkylation sites (N-methyl/N-ethyl adjacent to an activating group) is 1. The van der Waals surface area contributed by atoms with E-state index in [9.17, 15) is 9.59 Å². The van der Waals surface area contributed by atoms with Gasteiger partial charge in [-0.2, -0.15) is 0 Å². The van der Waals surface area contributed by atoms with Gasteiger partial charge in [0.1, 0.15) is 5.75 Å². The largest absolute Gasteiger partial charge is 0.496 e. The van der Waals surface area contributed by atoms with Crippen LogP contribution in [-0.2, 0) is 4.79 Å². The lowest BCUT2D eigenvalue weighted by molar-refractivity contribution is -0.132. The molecule has 2 heterocycles. The number of piperazine rings is 1. The quantitative estimate of drug-likeness (QED) is 0.675. The van der Waals surface area contributed by atoms with E-state index in [1.807, 2.05) is 47.8 Å². The molecule has 1 aromatic carbocycles. The smallest absolute Gasteiger partial charge is 0.257 e. The molecule has 1 saturated heterocycles. The van der Waals surface area contributed by atoms with Gasteiger partial charge in [-0.3, -0.25) is 14.5 Å². The predicted octanol–water partition coefficient (Wildman–Crippen LogP) is 2.77. The lowest BCUT2D eigenvalue weighted by atomic mass is 10.1. The second-order valence-corrected chi connectivity index (χ2v) is 7.64. The number of aromatic nitrogens is 1. The van der Waals surface area contributed by atoms with Crippen LogP contribution >= 0.6 is 11.6 Å². The van der Waals surface area contributed by atoms with Crippen molar-refractivity contribution in [3.63, 3.8) is 0 Å². The number of benzene rings is 1. The molecule has 0 saturated carbocycles. The van der Waals surface area contributed by atoms with E-state index in [0.29, 0.717) is 62.1 Å². The summed E-state index contributed by atoms with van der Waals surface area (Å²) >= 11 is 6.47. The van der Waals surface area contributed by atoms with E-state index in [2.05, 4.69) is 4.90 Å². The first-order valence-corrected chi connectivity index (χ1v) is 10.7. The number of ether oxygens (including phenoxy) is 1. The van der Waals surface area contributed by atoms with Gasteiger partial charge in [-0.05, 0) is 32.0 Å². The van der Waals surface area contributed by atoms with Gasteiger partial charge in [0, 0.05) is 57.7 Å². The van der Waals surface area contributed by atoms with Crippen molar-refractivity contribution in [3.8, 4) is 11.4 Å². The van der Waals surface area contributed by atoms with Gasteiger partial charge >= 0.3 is 0 Å². The molecular formula is C22H29ClN4O3. The average molecular weight is 433 g/mol. The molecule has 0 aliphatic carbocycles. The van der Waals surface area contributed by atoms with E-state index in [1.165, 1.54) is 0 Å². The summed E-state index contributed by atoms with van der Waals surface area (Å²) in [5, 5.41) is 0.485. The fraction of sp³-hybridized carbons (Fsp3) is 0.455. The van der Waals surface area contributed by atoms with E-state index < -0.39 is 0 Å². The highest BCUT2D eigenvalue weighted by Gasteiger charge is 2.27. The first-order valence-electron chi connectivity index (χ1n) is 10.3. The molecule has 0 bridgehead atoms. The highest BCUT2D eigenvalue weighted by Crippen LogP contribution is 2.31. The van der Waals surface area contributed by atoms with Crippen LogP contribution < -0.4 is 4.74 Å². The highest BCUT2D eigenvalue weighted by molar-refractivity contribution is 6.33. The summed E-state index contributed by atoms with van der Waals surface area (Å²) in [7, 11) is 1.55. The summed E-state index contributed by atoms with van der Waals surface area (Å²) in [5.41, 5.74) is 1.21. The molecule has 1 aliphatic heterocycles. The third kappa shape index (κ3) is 4.79. The van der Waals surface area contributed by atoms with Crippen LogP contribution in [0.2, 0.25) is 5.02 Å². The third-order valence-corrected chi connectivity index (χ3v) is 5.82. The van der Waals surface area contributed by atoms with Crippen LogP contribution in [0.3, 0.4) is 0 Å². The van der Waals surface area contributed by atoms with Crippen molar-refractivity contribution in [2.75, 3.05) is 52.9 Å². The molecule has 0 spiro atoms. The molecule has 3 rings (SSSR count). The Morgan fingerprint density at radius 3 is 2.27 bits per heavy atom. The number of methoxy groups -OCH3 is 1. The van der Waals surface area contributed by atoms with Crippen LogP contribution in [0.15, 0.2) is 36.7 Å². The Morgan fingerprint density at radius 2 is 1.70 bits per heavy atom. The van der Waals surface area contributed by atoms with Crippen LogP contribution in [-0.4, -0.2) is 84.0 Å². The van der Waals surface area contributed by atoms with Crippen LogP contribution in [0.5, 0.6) is 5.75 Å². The van der Waals surface area contributed by atoms with Crippen LogP contribution in [0, 0.1) is 0 Å². The molecular weight excluding hydrogens is 404 g/mol. The second kappa shape index (κ2) is 10.00. The minimum Gasteiger partial charge on any atom is -0.496 e. The number of carbonyl (C=O) groups excluding carboxylic acids is 2. The Labute approximate surface area is 182 Å². The number of carbonyl (C=O) groups is 2. The Balaban J connectivity index is 1.68. The maximum Gasteiger partial charge on any atom is 0.257 e. The zero-order chi connectivity index (χ0) is 21.7. The summed E-state index contributed by atoms with van der Waals surface area (Å²) in [5.74, 6) is 0.517. The molecule has 2 amide bonds. The van der Waals surface area contributed by atoms with Gasteiger partial charge in [0.25, 0.3) is 5.91 Å². The fourth-order valence-corrected chi connectivity index (χ4v) is 3.98. The first-order chi connectivity index (χ1) is 14.5. The van der Waals surface area contributed by atoms with Gasteiger partial charge in [-0.15, -0.1) is 0 Å². The predicted molar refractivity (Wildman–Crippen MR) is 118 cm³/mol. The van der Waals surface area contributed by atoms with Crippen molar-refractivity contribution in [1.82, 2.24) is 19.3 Å². The monoisotopic (exact) mass is 432 g/mol. The first kappa shape index (κ1) is 22.2. The number of halogens is 1. The molecule has 1 aliphatic rings. The van der Waals surface area contributed by atoms with Gasteiger partial charge in [0.2, 0.25) is 5.91 Å². The Morgan fingerprint density at radius 1 is 1.07 bits per heavy atom. The standard InChI is InChI=1S/C22H29ClN4O3/c1-4-25(5-2)21(28)16-24-10-12-27(13-11-24)22(29)17-14-18(23)19(15-20(17)30-3)26-8-6-7-9-26/h6-9,14-15H,4-5,10-13,16H2,1-3H3. The maximum atomic E-state index is 13.1. The Bertz CT molecular complexity index is 873. The molecule has 30 heavy (non-hydrogen) atoms. The molecule has 8 heteroatoms. The van der Waals surface area contributed by atoms with Gasteiger partial charge in [0.05, 0.1) is 29.9 Å². The molecule has 1 fully saturated rings. The number of hydrogen-bond acceptors (Lipinski definition) is 4. The molecule has 2 aromatic rings. The topological polar surface area (TPSA) is 58.0 Å². The van der Waals surface area contributed by atoms with Crippen molar-refractivity contribution in [2.24, 2.45) is 0 Å². The molecule has 0 N–H and O–H groups in total. The lowest BCUT2D eigenvalue weighted by Gasteiger charge is -2.35. The summed E-state index contributed by atoms with van der Waals surface area (Å²) in [6.07, 6.45) is 3.78. The minimum absolute atomic E-state index is 0.109. The number of hydrogen-bond donors (Lipinski definition) is 0. The zero-order valence-corrected chi connectivity index (χ0v) is 18.6. The van der Waals surface area contributed by atoms with Gasteiger partial charge in [0.15, 0.2) is 0 Å². The molecule has 0 unspecified atom stereocenters. The van der Waals surface area contributed by atoms with Crippen molar-refractivity contribution < 1.29 is 14.3 Å². The van der Waals surface area contributed by atoms with E-state index in [4.69, 9.17) is 16.3 Å². The molecule has 1 aromatic heterocycles. The van der Waals surface area contributed by atoms with E-state index in [-0.39, 0.29) is 11.8 Å². The van der Waals surface area contributed by atoms with Crippen molar-refractivity contribution in [1.29, 1.82) is 0 Å². The van der Waals surface area contributed by atoms with E-state index in [1.54, 1.807) is 24.1 Å². The van der Waals surface area contributed by atoms with Crippen molar-refractivity contribution in [3.05, 3.63) is 47.2 Å². The summed E-state index contributed by atoms with van der Waals surface area (Å²) < 4.78 is 7.38. The van der Waals surface area contributed by atoms with Crippen LogP contribution in [0.1, 0.15) is 24.2 Å². The van der Waals surface area contributed by atoms with Gasteiger partial charge in [-0.25, -0.2) is 0 Å². The summed E-state index contributed by atoms with van der Waals surface area (Å²) in [6.45, 7) is 8.24. The molecule has 0 atom stereocenters. The third-order valence-electron chi connectivity index (χ3n) is 5.52. The number of amides is 2. The van der Waals surface area contributed by atoms with Crippen molar-refractivity contribution in [2.45, 2.75) is 13.8 Å². The average Bonchev–Trinajstić information content (AvgIpc) is 3.29. The van der Waals surface area contributed by atoms with Crippen LogP contribution in [0.25, 0.3) is 5.69 Å². The highest BCUT2D eigenvalue weighted by atomic mass is 35.5. The van der Waals surface area contributed by atoms with Gasteiger partial charge in [-0.1, -0.05) is 11.6 Å². The summed E-state index contributed by atoms with van der Waals surface area (Å²) in [6, 6.07) is 7.28. The lowest BCUT2D eigenvalue weighted by Crippen LogP contribution is -2.51. The number of rotatable bonds is 7. The van der Waals surface area contributed by atoms with Crippen LogP contribution in [0.4, 0.5) is 0 Å². The SMILES string of the molecule is CCN(CC)C(=O)CN1CCN(C(=O)c2cc(Cl)c(-n3cccc3)cc2OC)CC1. The molecule has 162 valence electrons. The Hall–Kier alpha value is -2.51. The second-order valence-electron chi connectivity index (χ2n) is 7.23. The Kier molecular flexibility index (Phi) is 7.39. The fourth-order valence-electron chi connectivity index (χ4n) is 3.72. The molecule has 7 nitrogen and oxygen atoms in total. The minimum atomic E-state index is -0.109. The van der Waals surface area contributed by atoms with Gasteiger partial charge < -0.3 is 19.1 Å². The summed E-state index contributed by atoms with van der Waals surface area (Å²) in [4.78, 5) is 31.2. The number of nitrogens with zero attached hydrogens (tertiary/aromatic N) is 4. The maximum absolute atomic E-state index is 13.1.